The van der Waals surface area contributed by atoms with E-state index in [-0.39, 0.29) is 17.8 Å². The van der Waals surface area contributed by atoms with E-state index in [9.17, 15) is 13.6 Å². The number of carboxylic acid groups (broad SMARTS) is 1. The fraction of sp³-hybridized carbons (Fsp3) is 0.316. The van der Waals surface area contributed by atoms with Crippen molar-refractivity contribution in [1.29, 1.82) is 0 Å². The Kier molecular flexibility index (Phi) is 5.54. The molecule has 0 bridgehead atoms. The van der Waals surface area contributed by atoms with Crippen molar-refractivity contribution in [3.8, 4) is 11.8 Å². The number of rotatable bonds is 4. The fourth-order valence-electron chi connectivity index (χ4n) is 2.80. The predicted octanol–water partition coefficient (Wildman–Crippen LogP) is 2.38. The van der Waals surface area contributed by atoms with Gasteiger partial charge in [0.05, 0.1) is 11.3 Å². The highest BCUT2D eigenvalue weighted by molar-refractivity contribution is 5.66. The number of hydrogen-bond acceptors (Lipinski definition) is 4. The standard InChI is InChI=1S/C19H17F2N3O2/c20-15-4-5-16(21)13(10-15)3-6-18-22-11-14-12-24(8-1-2-19(25)26)9-7-17(14)23-18/h4-5,10-11H,1-2,7-9,12H2,(H,25,26). The summed E-state index contributed by atoms with van der Waals surface area (Å²) in [5.74, 6) is 3.59. The molecule has 0 spiro atoms. The summed E-state index contributed by atoms with van der Waals surface area (Å²) in [6.45, 7) is 2.17. The largest absolute Gasteiger partial charge is 0.481 e. The molecular formula is C19H17F2N3O2. The molecule has 1 aliphatic rings. The van der Waals surface area contributed by atoms with Crippen molar-refractivity contribution in [2.45, 2.75) is 25.8 Å². The molecule has 7 heteroatoms. The maximum Gasteiger partial charge on any atom is 0.303 e. The quantitative estimate of drug-likeness (QED) is 0.851. The molecule has 0 fully saturated rings. The van der Waals surface area contributed by atoms with Crippen LogP contribution in [0.2, 0.25) is 0 Å². The van der Waals surface area contributed by atoms with Crippen molar-refractivity contribution >= 4 is 5.97 Å². The molecule has 3 rings (SSSR count). The third-order valence-corrected chi connectivity index (χ3v) is 4.12. The van der Waals surface area contributed by atoms with E-state index < -0.39 is 17.6 Å². The molecule has 0 saturated carbocycles. The summed E-state index contributed by atoms with van der Waals surface area (Å²) in [7, 11) is 0. The van der Waals surface area contributed by atoms with E-state index in [0.29, 0.717) is 25.9 Å². The van der Waals surface area contributed by atoms with Gasteiger partial charge in [-0.25, -0.2) is 18.7 Å². The van der Waals surface area contributed by atoms with Crippen molar-refractivity contribution in [3.63, 3.8) is 0 Å². The first-order chi connectivity index (χ1) is 12.5. The number of carboxylic acids is 1. The number of carbonyl (C=O) groups is 1. The first-order valence-corrected chi connectivity index (χ1v) is 8.27. The Hall–Kier alpha value is -2.85. The Balaban J connectivity index is 1.68. The summed E-state index contributed by atoms with van der Waals surface area (Å²) >= 11 is 0. The summed E-state index contributed by atoms with van der Waals surface area (Å²) < 4.78 is 26.8. The van der Waals surface area contributed by atoms with Crippen LogP contribution in [0.15, 0.2) is 24.4 Å². The van der Waals surface area contributed by atoms with Crippen LogP contribution in [-0.4, -0.2) is 39.0 Å². The summed E-state index contributed by atoms with van der Waals surface area (Å²) in [5, 5.41) is 8.70. The Labute approximate surface area is 149 Å². The lowest BCUT2D eigenvalue weighted by molar-refractivity contribution is -0.137. The molecule has 0 atom stereocenters. The van der Waals surface area contributed by atoms with Gasteiger partial charge in [0.2, 0.25) is 5.82 Å². The SMILES string of the molecule is O=C(O)CCCN1CCc2nc(C#Cc3cc(F)ccc3F)ncc2C1. The zero-order valence-corrected chi connectivity index (χ0v) is 14.0. The minimum absolute atomic E-state index is 0.0315. The van der Waals surface area contributed by atoms with Gasteiger partial charge >= 0.3 is 5.97 Å². The smallest absolute Gasteiger partial charge is 0.303 e. The Morgan fingerprint density at radius 2 is 2.15 bits per heavy atom. The lowest BCUT2D eigenvalue weighted by Crippen LogP contribution is -2.32. The molecule has 26 heavy (non-hydrogen) atoms. The predicted molar refractivity (Wildman–Crippen MR) is 90.2 cm³/mol. The molecule has 1 aliphatic heterocycles. The molecule has 134 valence electrons. The monoisotopic (exact) mass is 357 g/mol. The molecule has 0 amide bonds. The van der Waals surface area contributed by atoms with Crippen LogP contribution in [-0.2, 0) is 17.8 Å². The maximum absolute atomic E-state index is 13.6. The molecule has 0 saturated heterocycles. The lowest BCUT2D eigenvalue weighted by atomic mass is 10.1. The normalized spacial score (nSPS) is 13.6. The second-order valence-corrected chi connectivity index (χ2v) is 6.06. The van der Waals surface area contributed by atoms with Gasteiger partial charge in [-0.05, 0) is 37.1 Å². The Morgan fingerprint density at radius 1 is 1.31 bits per heavy atom. The molecular weight excluding hydrogens is 340 g/mol. The Morgan fingerprint density at radius 3 is 2.96 bits per heavy atom. The number of aromatic nitrogens is 2. The van der Waals surface area contributed by atoms with Crippen LogP contribution in [0.4, 0.5) is 8.78 Å². The molecule has 2 aromatic rings. The molecule has 1 aromatic carbocycles. The van der Waals surface area contributed by atoms with E-state index in [1.54, 1.807) is 6.20 Å². The van der Waals surface area contributed by atoms with Crippen LogP contribution in [0.25, 0.3) is 0 Å². The highest BCUT2D eigenvalue weighted by Crippen LogP contribution is 2.17. The number of nitrogens with zero attached hydrogens (tertiary/aromatic N) is 3. The fourth-order valence-corrected chi connectivity index (χ4v) is 2.80. The topological polar surface area (TPSA) is 66.3 Å². The molecule has 2 heterocycles. The highest BCUT2D eigenvalue weighted by Gasteiger charge is 2.18. The minimum Gasteiger partial charge on any atom is -0.481 e. The summed E-state index contributed by atoms with van der Waals surface area (Å²) in [6.07, 6.45) is 3.17. The number of halogens is 2. The van der Waals surface area contributed by atoms with Gasteiger partial charge in [0, 0.05) is 37.7 Å². The zero-order chi connectivity index (χ0) is 18.5. The second-order valence-electron chi connectivity index (χ2n) is 6.06. The van der Waals surface area contributed by atoms with Crippen LogP contribution in [0.5, 0.6) is 0 Å². The van der Waals surface area contributed by atoms with Crippen molar-refractivity contribution in [2.24, 2.45) is 0 Å². The van der Waals surface area contributed by atoms with E-state index in [4.69, 9.17) is 5.11 Å². The number of aliphatic carboxylic acids is 1. The lowest BCUT2D eigenvalue weighted by Gasteiger charge is -2.27. The number of benzene rings is 1. The van der Waals surface area contributed by atoms with Gasteiger partial charge in [0.15, 0.2) is 0 Å². The average Bonchev–Trinajstić information content (AvgIpc) is 2.62. The summed E-state index contributed by atoms with van der Waals surface area (Å²) in [5.41, 5.74) is 1.84. The third-order valence-electron chi connectivity index (χ3n) is 4.12. The second kappa shape index (κ2) is 8.02. The molecule has 0 unspecified atom stereocenters. The van der Waals surface area contributed by atoms with Crippen LogP contribution < -0.4 is 0 Å². The van der Waals surface area contributed by atoms with Crippen LogP contribution in [0.3, 0.4) is 0 Å². The van der Waals surface area contributed by atoms with Gasteiger partial charge in [0.1, 0.15) is 11.6 Å². The van der Waals surface area contributed by atoms with Crippen LogP contribution in [0, 0.1) is 23.5 Å². The maximum atomic E-state index is 13.6. The minimum atomic E-state index is -0.788. The molecule has 5 nitrogen and oxygen atoms in total. The van der Waals surface area contributed by atoms with E-state index in [0.717, 1.165) is 36.0 Å². The van der Waals surface area contributed by atoms with Crippen molar-refractivity contribution < 1.29 is 18.7 Å². The summed E-state index contributed by atoms with van der Waals surface area (Å²) in [4.78, 5) is 21.3. The van der Waals surface area contributed by atoms with Crippen molar-refractivity contribution in [2.75, 3.05) is 13.1 Å². The van der Waals surface area contributed by atoms with Gasteiger partial charge in [-0.2, -0.15) is 0 Å². The molecule has 0 radical (unpaired) electrons. The molecule has 1 aromatic heterocycles. The first-order valence-electron chi connectivity index (χ1n) is 8.27. The van der Waals surface area contributed by atoms with Crippen molar-refractivity contribution in [1.82, 2.24) is 14.9 Å². The van der Waals surface area contributed by atoms with E-state index in [2.05, 4.69) is 26.7 Å². The van der Waals surface area contributed by atoms with Crippen LogP contribution >= 0.6 is 0 Å². The van der Waals surface area contributed by atoms with Gasteiger partial charge in [-0.1, -0.05) is 5.92 Å². The van der Waals surface area contributed by atoms with Crippen LogP contribution in [0.1, 0.15) is 35.5 Å². The van der Waals surface area contributed by atoms with Gasteiger partial charge < -0.3 is 5.11 Å². The van der Waals surface area contributed by atoms with Gasteiger partial charge in [-0.3, -0.25) is 9.69 Å². The first kappa shape index (κ1) is 18.0. The molecule has 1 N–H and O–H groups in total. The average molecular weight is 357 g/mol. The van der Waals surface area contributed by atoms with Gasteiger partial charge in [0.25, 0.3) is 0 Å². The number of hydrogen-bond donors (Lipinski definition) is 1. The third kappa shape index (κ3) is 4.61. The summed E-state index contributed by atoms with van der Waals surface area (Å²) in [6, 6.07) is 3.11. The van der Waals surface area contributed by atoms with E-state index in [1.807, 2.05) is 0 Å². The highest BCUT2D eigenvalue weighted by atomic mass is 19.1. The van der Waals surface area contributed by atoms with Crippen molar-refractivity contribution in [3.05, 3.63) is 58.7 Å². The Bertz CT molecular complexity index is 890. The number of fused-ring (bicyclic) bond motifs is 1. The van der Waals surface area contributed by atoms with E-state index in [1.165, 1.54) is 0 Å². The molecule has 0 aliphatic carbocycles. The van der Waals surface area contributed by atoms with Gasteiger partial charge in [-0.15, -0.1) is 0 Å². The zero-order valence-electron chi connectivity index (χ0n) is 14.0. The van der Waals surface area contributed by atoms with E-state index >= 15 is 0 Å².